The molecule has 0 bridgehead atoms. The lowest BCUT2D eigenvalue weighted by molar-refractivity contribution is -0.136. The molecule has 4 nitrogen and oxygen atoms in total. The Morgan fingerprint density at radius 3 is 2.62 bits per heavy atom. The van der Waals surface area contributed by atoms with Crippen LogP contribution in [-0.4, -0.2) is 29.8 Å². The molecule has 6 heteroatoms. The summed E-state index contributed by atoms with van der Waals surface area (Å²) < 4.78 is 27.1. The number of nitrogens with zero attached hydrogens (tertiary/aromatic N) is 2. The van der Waals surface area contributed by atoms with E-state index in [0.717, 1.165) is 24.1 Å². The van der Waals surface area contributed by atoms with Crippen molar-refractivity contribution in [2.45, 2.75) is 19.4 Å². The molecule has 1 atom stereocenters. The number of benzene rings is 2. The van der Waals surface area contributed by atoms with Crippen molar-refractivity contribution in [3.05, 3.63) is 65.2 Å². The molecule has 134 valence electrons. The summed E-state index contributed by atoms with van der Waals surface area (Å²) in [6.45, 7) is 1.27. The van der Waals surface area contributed by atoms with Crippen LogP contribution in [-0.2, 0) is 22.6 Å². The van der Waals surface area contributed by atoms with E-state index in [0.29, 0.717) is 13.1 Å². The van der Waals surface area contributed by atoms with Gasteiger partial charge in [0, 0.05) is 32.1 Å². The molecule has 0 N–H and O–H groups in total. The number of amides is 2. The highest BCUT2D eigenvalue weighted by molar-refractivity contribution is 6.00. The minimum absolute atomic E-state index is 0.0238. The number of halogens is 2. The van der Waals surface area contributed by atoms with Gasteiger partial charge in [0.1, 0.15) is 11.6 Å². The number of carbonyl (C=O) groups is 2. The van der Waals surface area contributed by atoms with E-state index < -0.39 is 17.6 Å². The largest absolute Gasteiger partial charge is 0.338 e. The summed E-state index contributed by atoms with van der Waals surface area (Å²) in [6, 6.07) is 11.1. The number of rotatable bonds is 2. The van der Waals surface area contributed by atoms with Gasteiger partial charge in [-0.2, -0.15) is 0 Å². The van der Waals surface area contributed by atoms with E-state index in [1.807, 2.05) is 18.2 Å². The molecule has 2 heterocycles. The van der Waals surface area contributed by atoms with Gasteiger partial charge in [-0.1, -0.05) is 24.3 Å². The Kier molecular flexibility index (Phi) is 4.18. The van der Waals surface area contributed by atoms with Crippen molar-refractivity contribution < 1.29 is 18.4 Å². The first-order valence-corrected chi connectivity index (χ1v) is 8.64. The van der Waals surface area contributed by atoms with Crippen LogP contribution in [0.5, 0.6) is 0 Å². The molecule has 2 aliphatic heterocycles. The summed E-state index contributed by atoms with van der Waals surface area (Å²) in [5.74, 6) is -2.39. The maximum atomic E-state index is 14.0. The van der Waals surface area contributed by atoms with Crippen LogP contribution < -0.4 is 4.90 Å². The highest BCUT2D eigenvalue weighted by Gasteiger charge is 2.38. The standard InChI is InChI=1S/C20H18F2N2O2/c21-16-5-6-18(17(22)10-16)24-12-15(9-19(24)25)20(26)23-8-7-13-3-1-2-4-14(13)11-23/h1-6,10,15H,7-9,11-12H2. The molecule has 2 amide bonds. The van der Waals surface area contributed by atoms with E-state index in [1.54, 1.807) is 4.90 Å². The van der Waals surface area contributed by atoms with Crippen molar-refractivity contribution in [3.8, 4) is 0 Å². The number of anilines is 1. The minimum Gasteiger partial charge on any atom is -0.338 e. The number of hydrogen-bond donors (Lipinski definition) is 0. The molecule has 1 unspecified atom stereocenters. The molecule has 0 aliphatic carbocycles. The molecular formula is C20H18F2N2O2. The van der Waals surface area contributed by atoms with Gasteiger partial charge >= 0.3 is 0 Å². The summed E-state index contributed by atoms with van der Waals surface area (Å²) in [7, 11) is 0. The van der Waals surface area contributed by atoms with Crippen LogP contribution in [0, 0.1) is 17.6 Å². The topological polar surface area (TPSA) is 40.6 Å². The highest BCUT2D eigenvalue weighted by atomic mass is 19.1. The third-order valence-corrected chi connectivity index (χ3v) is 5.12. The fraction of sp³-hybridized carbons (Fsp3) is 0.300. The molecule has 1 saturated heterocycles. The second-order valence-electron chi connectivity index (χ2n) is 6.78. The Morgan fingerprint density at radius 1 is 1.08 bits per heavy atom. The smallest absolute Gasteiger partial charge is 0.228 e. The Labute approximate surface area is 150 Å². The van der Waals surface area contributed by atoms with Crippen molar-refractivity contribution in [2.24, 2.45) is 5.92 Å². The van der Waals surface area contributed by atoms with Gasteiger partial charge in [0.2, 0.25) is 11.8 Å². The Hall–Kier alpha value is -2.76. The van der Waals surface area contributed by atoms with Crippen LogP contribution in [0.25, 0.3) is 0 Å². The van der Waals surface area contributed by atoms with Crippen LogP contribution in [0.1, 0.15) is 17.5 Å². The monoisotopic (exact) mass is 356 g/mol. The van der Waals surface area contributed by atoms with Crippen LogP contribution >= 0.6 is 0 Å². The van der Waals surface area contributed by atoms with Gasteiger partial charge in [0.15, 0.2) is 0 Å². The van der Waals surface area contributed by atoms with Gasteiger partial charge in [-0.05, 0) is 29.7 Å². The van der Waals surface area contributed by atoms with Crippen molar-refractivity contribution in [1.82, 2.24) is 4.90 Å². The van der Waals surface area contributed by atoms with Gasteiger partial charge in [0.25, 0.3) is 0 Å². The van der Waals surface area contributed by atoms with Crippen molar-refractivity contribution in [3.63, 3.8) is 0 Å². The summed E-state index contributed by atoms with van der Waals surface area (Å²) in [4.78, 5) is 28.2. The highest BCUT2D eigenvalue weighted by Crippen LogP contribution is 2.30. The first-order chi connectivity index (χ1) is 12.5. The molecule has 2 aromatic rings. The molecule has 4 rings (SSSR count). The Morgan fingerprint density at radius 2 is 1.85 bits per heavy atom. The summed E-state index contributed by atoms with van der Waals surface area (Å²) in [6.07, 6.45) is 0.840. The maximum Gasteiger partial charge on any atom is 0.228 e. The molecule has 0 spiro atoms. The van der Waals surface area contributed by atoms with Gasteiger partial charge < -0.3 is 9.80 Å². The van der Waals surface area contributed by atoms with Gasteiger partial charge in [-0.3, -0.25) is 9.59 Å². The van der Waals surface area contributed by atoms with E-state index >= 15 is 0 Å². The van der Waals surface area contributed by atoms with E-state index in [9.17, 15) is 18.4 Å². The lowest BCUT2D eigenvalue weighted by Gasteiger charge is -2.30. The lowest BCUT2D eigenvalue weighted by atomic mass is 9.98. The molecule has 1 fully saturated rings. The molecule has 2 aromatic carbocycles. The van der Waals surface area contributed by atoms with Gasteiger partial charge in [-0.15, -0.1) is 0 Å². The first-order valence-electron chi connectivity index (χ1n) is 8.64. The second-order valence-corrected chi connectivity index (χ2v) is 6.78. The predicted octanol–water partition coefficient (Wildman–Crippen LogP) is 2.90. The fourth-order valence-corrected chi connectivity index (χ4v) is 3.75. The fourth-order valence-electron chi connectivity index (χ4n) is 3.75. The van der Waals surface area contributed by atoms with Gasteiger partial charge in [-0.25, -0.2) is 8.78 Å². The van der Waals surface area contributed by atoms with E-state index in [-0.39, 0.29) is 30.5 Å². The number of carbonyl (C=O) groups excluding carboxylic acids is 2. The van der Waals surface area contributed by atoms with Crippen molar-refractivity contribution in [1.29, 1.82) is 0 Å². The van der Waals surface area contributed by atoms with Crippen LogP contribution in [0.3, 0.4) is 0 Å². The first kappa shape index (κ1) is 16.7. The molecule has 2 aliphatic rings. The van der Waals surface area contributed by atoms with E-state index in [4.69, 9.17) is 0 Å². The summed E-state index contributed by atoms with van der Waals surface area (Å²) in [5, 5.41) is 0. The van der Waals surface area contributed by atoms with Crippen molar-refractivity contribution in [2.75, 3.05) is 18.0 Å². The number of fused-ring (bicyclic) bond motifs is 1. The van der Waals surface area contributed by atoms with Gasteiger partial charge in [0.05, 0.1) is 11.6 Å². The Balaban J connectivity index is 1.49. The van der Waals surface area contributed by atoms with Crippen molar-refractivity contribution >= 4 is 17.5 Å². The van der Waals surface area contributed by atoms with E-state index in [2.05, 4.69) is 6.07 Å². The normalized spacial score (nSPS) is 19.6. The van der Waals surface area contributed by atoms with E-state index in [1.165, 1.54) is 16.5 Å². The van der Waals surface area contributed by atoms with Crippen LogP contribution in [0.2, 0.25) is 0 Å². The molecule has 0 aromatic heterocycles. The molecule has 26 heavy (non-hydrogen) atoms. The lowest BCUT2D eigenvalue weighted by Crippen LogP contribution is -2.40. The zero-order valence-electron chi connectivity index (χ0n) is 14.1. The molecule has 0 radical (unpaired) electrons. The third kappa shape index (κ3) is 2.96. The number of hydrogen-bond acceptors (Lipinski definition) is 2. The summed E-state index contributed by atoms with van der Waals surface area (Å²) >= 11 is 0. The second kappa shape index (κ2) is 6.52. The average Bonchev–Trinajstić information content (AvgIpc) is 3.02. The summed E-state index contributed by atoms with van der Waals surface area (Å²) in [5.41, 5.74) is 2.39. The quantitative estimate of drug-likeness (QED) is 0.830. The zero-order valence-corrected chi connectivity index (χ0v) is 14.1. The third-order valence-electron chi connectivity index (χ3n) is 5.12. The molecular weight excluding hydrogens is 338 g/mol. The molecule has 0 saturated carbocycles. The maximum absolute atomic E-state index is 14.0. The SMILES string of the molecule is O=C(C1CC(=O)N(c2ccc(F)cc2F)C1)N1CCc2ccccc2C1. The zero-order chi connectivity index (χ0) is 18.3. The Bertz CT molecular complexity index is 884. The van der Waals surface area contributed by atoms with Crippen LogP contribution in [0.15, 0.2) is 42.5 Å². The average molecular weight is 356 g/mol. The minimum atomic E-state index is -0.793. The van der Waals surface area contributed by atoms with Crippen LogP contribution in [0.4, 0.5) is 14.5 Å². The predicted molar refractivity (Wildman–Crippen MR) is 92.4 cm³/mol.